The molecule has 3 nitrogen and oxygen atoms in total. The molecule has 0 aromatic carbocycles. The Balaban J connectivity index is 2.36. The maximum Gasteiger partial charge on any atom is 0.350 e. The van der Waals surface area contributed by atoms with Crippen molar-refractivity contribution in [3.05, 3.63) is 27.5 Å². The van der Waals surface area contributed by atoms with Gasteiger partial charge in [0.25, 0.3) is 0 Å². The lowest BCUT2D eigenvalue weighted by Crippen LogP contribution is -2.04. The Morgan fingerprint density at radius 3 is 2.50 bits per heavy atom. The summed E-state index contributed by atoms with van der Waals surface area (Å²) >= 11 is 3.11. The van der Waals surface area contributed by atoms with E-state index in [1.165, 1.54) is 21.8 Å². The Hall–Kier alpha value is -1.33. The molecule has 2 aromatic rings. The fraction of sp³-hybridized carbons (Fsp3) is 0.308. The molecule has 0 bridgehead atoms. The van der Waals surface area contributed by atoms with Crippen molar-refractivity contribution >= 4 is 34.3 Å². The first-order valence-corrected chi connectivity index (χ1v) is 7.30. The maximum atomic E-state index is 11.7. The number of esters is 1. The van der Waals surface area contributed by atoms with Gasteiger partial charge in [0.1, 0.15) is 4.88 Å². The van der Waals surface area contributed by atoms with Crippen LogP contribution in [0.25, 0.3) is 9.75 Å². The number of nitrogens with two attached hydrogens (primary N) is 1. The SMILES string of the molecule is CCOC(=O)c1sc(-c2cc(C)c(C)s2)cc1N. The van der Waals surface area contributed by atoms with Crippen molar-refractivity contribution in [2.45, 2.75) is 20.8 Å². The van der Waals surface area contributed by atoms with E-state index < -0.39 is 0 Å². The lowest BCUT2D eigenvalue weighted by Gasteiger charge is -1.98. The standard InChI is InChI=1S/C13H15NO2S2/c1-4-16-13(15)12-9(14)6-11(18-12)10-5-7(2)8(3)17-10/h5-6H,4,14H2,1-3H3. The van der Waals surface area contributed by atoms with E-state index in [0.29, 0.717) is 17.2 Å². The molecule has 0 saturated heterocycles. The third-order valence-corrected chi connectivity index (χ3v) is 5.11. The first-order valence-electron chi connectivity index (χ1n) is 5.66. The number of nitrogen functional groups attached to an aromatic ring is 1. The molecule has 0 atom stereocenters. The Morgan fingerprint density at radius 2 is 1.94 bits per heavy atom. The number of thiophene rings is 2. The van der Waals surface area contributed by atoms with Gasteiger partial charge in [-0.3, -0.25) is 0 Å². The quantitative estimate of drug-likeness (QED) is 0.869. The van der Waals surface area contributed by atoms with Gasteiger partial charge in [-0.05, 0) is 38.5 Å². The number of anilines is 1. The van der Waals surface area contributed by atoms with Gasteiger partial charge < -0.3 is 10.5 Å². The van der Waals surface area contributed by atoms with Crippen molar-refractivity contribution in [3.63, 3.8) is 0 Å². The summed E-state index contributed by atoms with van der Waals surface area (Å²) in [5.74, 6) is -0.337. The molecule has 0 amide bonds. The van der Waals surface area contributed by atoms with Gasteiger partial charge >= 0.3 is 5.97 Å². The van der Waals surface area contributed by atoms with Gasteiger partial charge in [0.2, 0.25) is 0 Å². The fourth-order valence-corrected chi connectivity index (χ4v) is 3.66. The van der Waals surface area contributed by atoms with Crippen molar-refractivity contribution in [1.82, 2.24) is 0 Å². The zero-order valence-corrected chi connectivity index (χ0v) is 12.2. The molecule has 2 heterocycles. The normalized spacial score (nSPS) is 10.6. The lowest BCUT2D eigenvalue weighted by molar-refractivity contribution is 0.0533. The number of aryl methyl sites for hydroxylation is 2. The number of ether oxygens (including phenoxy) is 1. The van der Waals surface area contributed by atoms with Gasteiger partial charge in [0.05, 0.1) is 12.3 Å². The van der Waals surface area contributed by atoms with Crippen molar-refractivity contribution in [3.8, 4) is 9.75 Å². The highest BCUT2D eigenvalue weighted by molar-refractivity contribution is 7.23. The minimum Gasteiger partial charge on any atom is -0.462 e. The topological polar surface area (TPSA) is 52.3 Å². The number of carbonyl (C=O) groups excluding carboxylic acids is 1. The number of hydrogen-bond donors (Lipinski definition) is 1. The molecule has 18 heavy (non-hydrogen) atoms. The summed E-state index contributed by atoms with van der Waals surface area (Å²) in [6.45, 7) is 6.32. The van der Waals surface area contributed by atoms with Crippen LogP contribution < -0.4 is 5.73 Å². The van der Waals surface area contributed by atoms with Crippen LogP contribution in [0.3, 0.4) is 0 Å². The van der Waals surface area contributed by atoms with E-state index in [4.69, 9.17) is 10.5 Å². The summed E-state index contributed by atoms with van der Waals surface area (Å²) in [7, 11) is 0. The van der Waals surface area contributed by atoms with Crippen LogP contribution >= 0.6 is 22.7 Å². The molecule has 0 aliphatic rings. The fourth-order valence-electron chi connectivity index (χ4n) is 1.58. The predicted octanol–water partition coefficient (Wildman–Crippen LogP) is 3.85. The molecule has 0 aliphatic heterocycles. The predicted molar refractivity (Wildman–Crippen MR) is 77.5 cm³/mol. The number of carbonyl (C=O) groups is 1. The second kappa shape index (κ2) is 5.12. The van der Waals surface area contributed by atoms with Gasteiger partial charge in [-0.1, -0.05) is 0 Å². The summed E-state index contributed by atoms with van der Waals surface area (Å²) < 4.78 is 4.98. The smallest absolute Gasteiger partial charge is 0.350 e. The van der Waals surface area contributed by atoms with E-state index in [0.717, 1.165) is 9.75 Å². The molecule has 2 aromatic heterocycles. The highest BCUT2D eigenvalue weighted by Gasteiger charge is 2.17. The van der Waals surface area contributed by atoms with E-state index >= 15 is 0 Å². The molecule has 0 aliphatic carbocycles. The molecule has 0 unspecified atom stereocenters. The molecule has 5 heteroatoms. The average molecular weight is 281 g/mol. The summed E-state index contributed by atoms with van der Waals surface area (Å²) in [4.78, 5) is 15.7. The van der Waals surface area contributed by atoms with E-state index in [2.05, 4.69) is 19.9 Å². The van der Waals surface area contributed by atoms with Crippen LogP contribution in [0.1, 0.15) is 27.0 Å². The van der Waals surface area contributed by atoms with Gasteiger partial charge in [0, 0.05) is 14.6 Å². The summed E-state index contributed by atoms with van der Waals surface area (Å²) in [5, 5.41) is 0. The Labute approximate surface area is 114 Å². The average Bonchev–Trinajstić information content (AvgIpc) is 2.84. The van der Waals surface area contributed by atoms with Crippen molar-refractivity contribution < 1.29 is 9.53 Å². The molecular weight excluding hydrogens is 266 g/mol. The van der Waals surface area contributed by atoms with Crippen molar-refractivity contribution in [2.75, 3.05) is 12.3 Å². The third kappa shape index (κ3) is 2.42. The Kier molecular flexibility index (Phi) is 3.73. The van der Waals surface area contributed by atoms with E-state index in [9.17, 15) is 4.79 Å². The molecule has 2 N–H and O–H groups in total. The zero-order chi connectivity index (χ0) is 13.3. The van der Waals surface area contributed by atoms with Gasteiger partial charge in [-0.15, -0.1) is 22.7 Å². The molecule has 96 valence electrons. The molecule has 0 radical (unpaired) electrons. The monoisotopic (exact) mass is 281 g/mol. The minimum atomic E-state index is -0.337. The first kappa shape index (κ1) is 13.1. The molecule has 0 saturated carbocycles. The van der Waals surface area contributed by atoms with Gasteiger partial charge in [0.15, 0.2) is 0 Å². The van der Waals surface area contributed by atoms with E-state index in [-0.39, 0.29) is 5.97 Å². The number of rotatable bonds is 3. The number of hydrogen-bond acceptors (Lipinski definition) is 5. The van der Waals surface area contributed by atoms with Crippen molar-refractivity contribution in [1.29, 1.82) is 0 Å². The molecule has 0 spiro atoms. The van der Waals surface area contributed by atoms with Crippen LogP contribution in [-0.4, -0.2) is 12.6 Å². The van der Waals surface area contributed by atoms with Crippen molar-refractivity contribution in [2.24, 2.45) is 0 Å². The van der Waals surface area contributed by atoms with Crippen LogP contribution in [0.2, 0.25) is 0 Å². The largest absolute Gasteiger partial charge is 0.462 e. The third-order valence-electron chi connectivity index (χ3n) is 2.63. The first-order chi connectivity index (χ1) is 8.52. The lowest BCUT2D eigenvalue weighted by atomic mass is 10.2. The Bertz CT molecular complexity index is 564. The molecule has 2 rings (SSSR count). The van der Waals surface area contributed by atoms with Crippen LogP contribution in [-0.2, 0) is 4.74 Å². The Morgan fingerprint density at radius 1 is 1.28 bits per heavy atom. The highest BCUT2D eigenvalue weighted by Crippen LogP contribution is 2.38. The van der Waals surface area contributed by atoms with Gasteiger partial charge in [-0.2, -0.15) is 0 Å². The zero-order valence-electron chi connectivity index (χ0n) is 10.6. The minimum absolute atomic E-state index is 0.337. The van der Waals surface area contributed by atoms with Crippen LogP contribution in [0.15, 0.2) is 12.1 Å². The second-order valence-corrected chi connectivity index (χ2v) is 6.27. The van der Waals surface area contributed by atoms with Crippen LogP contribution in [0.5, 0.6) is 0 Å². The van der Waals surface area contributed by atoms with Crippen LogP contribution in [0.4, 0.5) is 5.69 Å². The van der Waals surface area contributed by atoms with E-state index in [1.54, 1.807) is 18.3 Å². The molecular formula is C13H15NO2S2. The second-order valence-electron chi connectivity index (χ2n) is 3.97. The maximum absolute atomic E-state index is 11.7. The van der Waals surface area contributed by atoms with E-state index in [1.807, 2.05) is 6.07 Å². The van der Waals surface area contributed by atoms with Crippen LogP contribution in [0, 0.1) is 13.8 Å². The summed E-state index contributed by atoms with van der Waals surface area (Å²) in [6.07, 6.45) is 0. The summed E-state index contributed by atoms with van der Waals surface area (Å²) in [6, 6.07) is 3.97. The van der Waals surface area contributed by atoms with Gasteiger partial charge in [-0.25, -0.2) is 4.79 Å². The summed E-state index contributed by atoms with van der Waals surface area (Å²) in [5.41, 5.74) is 7.63. The molecule has 0 fully saturated rings. The highest BCUT2D eigenvalue weighted by atomic mass is 32.1.